The summed E-state index contributed by atoms with van der Waals surface area (Å²) >= 11 is 2.87. The summed E-state index contributed by atoms with van der Waals surface area (Å²) in [6.07, 6.45) is 0. The van der Waals surface area contributed by atoms with Crippen molar-refractivity contribution in [2.24, 2.45) is 0 Å². The van der Waals surface area contributed by atoms with Crippen LogP contribution in [0.1, 0.15) is 12.5 Å². The number of nitrogens with one attached hydrogen (secondary N) is 1. The van der Waals surface area contributed by atoms with Gasteiger partial charge in [-0.2, -0.15) is 0 Å². The number of amides is 1. The van der Waals surface area contributed by atoms with E-state index in [0.717, 1.165) is 36.2 Å². The summed E-state index contributed by atoms with van der Waals surface area (Å²) in [6, 6.07) is 6.15. The number of hydrogen-bond acceptors (Lipinski definition) is 7. The van der Waals surface area contributed by atoms with Crippen molar-refractivity contribution in [2.75, 3.05) is 43.4 Å². The van der Waals surface area contributed by atoms with Crippen LogP contribution < -0.4 is 10.2 Å². The summed E-state index contributed by atoms with van der Waals surface area (Å²) in [5.41, 5.74) is 4.95. The lowest BCUT2D eigenvalue weighted by Crippen LogP contribution is -2.44. The lowest BCUT2D eigenvalue weighted by Gasteiger charge is -2.35. The number of carbonyl (C=O) groups excluding carboxylic acids is 1. The van der Waals surface area contributed by atoms with Crippen molar-refractivity contribution in [1.82, 2.24) is 15.1 Å². The third kappa shape index (κ3) is 4.71. The number of carbonyl (C=O) groups is 1. The topological polar surface area (TPSA) is 61.4 Å². The SMILES string of the molecule is Cc1cc(NC(=O)[C@H](C)Sc2nncs2)ccc1N1CCN(C)CC1. The molecular formula is C17H23N5OS2. The monoisotopic (exact) mass is 377 g/mol. The van der Waals surface area contributed by atoms with Crippen LogP contribution in [0.3, 0.4) is 0 Å². The van der Waals surface area contributed by atoms with Crippen molar-refractivity contribution >= 4 is 40.4 Å². The number of benzene rings is 1. The van der Waals surface area contributed by atoms with Gasteiger partial charge < -0.3 is 15.1 Å². The fraction of sp³-hybridized carbons (Fsp3) is 0.471. The molecule has 1 aromatic carbocycles. The van der Waals surface area contributed by atoms with E-state index in [0.29, 0.717) is 0 Å². The fourth-order valence-electron chi connectivity index (χ4n) is 2.80. The van der Waals surface area contributed by atoms with Gasteiger partial charge in [0.05, 0.1) is 5.25 Å². The zero-order valence-electron chi connectivity index (χ0n) is 14.7. The number of anilines is 2. The number of hydrogen-bond donors (Lipinski definition) is 1. The summed E-state index contributed by atoms with van der Waals surface area (Å²) in [6.45, 7) is 8.23. The minimum Gasteiger partial charge on any atom is -0.369 e. The van der Waals surface area contributed by atoms with E-state index in [-0.39, 0.29) is 11.2 Å². The number of likely N-dealkylation sites (N-methyl/N-ethyl adjacent to an activating group) is 1. The smallest absolute Gasteiger partial charge is 0.237 e. The van der Waals surface area contributed by atoms with Gasteiger partial charge in [0.25, 0.3) is 0 Å². The van der Waals surface area contributed by atoms with Gasteiger partial charge in [-0.15, -0.1) is 10.2 Å². The number of aromatic nitrogens is 2. The van der Waals surface area contributed by atoms with Crippen LogP contribution in [0, 0.1) is 6.92 Å². The van der Waals surface area contributed by atoms with Crippen LogP contribution in [-0.4, -0.2) is 59.5 Å². The van der Waals surface area contributed by atoms with Crippen LogP contribution in [0.4, 0.5) is 11.4 Å². The van der Waals surface area contributed by atoms with Gasteiger partial charge in [-0.3, -0.25) is 4.79 Å². The maximum absolute atomic E-state index is 12.4. The molecule has 6 nitrogen and oxygen atoms in total. The molecule has 3 rings (SSSR count). The van der Waals surface area contributed by atoms with Gasteiger partial charge >= 0.3 is 0 Å². The second-order valence-electron chi connectivity index (χ2n) is 6.25. The predicted molar refractivity (Wildman–Crippen MR) is 105 cm³/mol. The standard InChI is InChI=1S/C17H23N5OS2/c1-12-10-14(4-5-15(12)22-8-6-21(3)7-9-22)19-16(23)13(2)25-17-20-18-11-24-17/h4-5,10-11,13H,6-9H2,1-3H3,(H,19,23)/t13-/m0/s1. The Bertz CT molecular complexity index is 714. The second-order valence-corrected chi connectivity index (χ2v) is 8.67. The average molecular weight is 378 g/mol. The molecule has 0 bridgehead atoms. The molecule has 2 heterocycles. The molecule has 1 amide bonds. The molecule has 0 saturated carbocycles. The first kappa shape index (κ1) is 18.2. The van der Waals surface area contributed by atoms with Gasteiger partial charge in [0.15, 0.2) is 4.34 Å². The van der Waals surface area contributed by atoms with Crippen LogP contribution in [0.2, 0.25) is 0 Å². The number of piperazine rings is 1. The summed E-state index contributed by atoms with van der Waals surface area (Å²) in [7, 11) is 2.16. The highest BCUT2D eigenvalue weighted by Gasteiger charge is 2.18. The lowest BCUT2D eigenvalue weighted by atomic mass is 10.1. The first-order valence-electron chi connectivity index (χ1n) is 8.31. The first-order chi connectivity index (χ1) is 12.0. The van der Waals surface area contributed by atoms with E-state index in [2.05, 4.69) is 45.4 Å². The van der Waals surface area contributed by atoms with Crippen LogP contribution in [0.5, 0.6) is 0 Å². The van der Waals surface area contributed by atoms with Crippen LogP contribution in [-0.2, 0) is 4.79 Å². The number of nitrogens with zero attached hydrogens (tertiary/aromatic N) is 4. The largest absolute Gasteiger partial charge is 0.369 e. The zero-order valence-corrected chi connectivity index (χ0v) is 16.4. The van der Waals surface area contributed by atoms with E-state index >= 15 is 0 Å². The average Bonchev–Trinajstić information content (AvgIpc) is 3.09. The van der Waals surface area contributed by atoms with E-state index in [4.69, 9.17) is 0 Å². The van der Waals surface area contributed by atoms with Crippen molar-refractivity contribution < 1.29 is 4.79 Å². The quantitative estimate of drug-likeness (QED) is 0.809. The first-order valence-corrected chi connectivity index (χ1v) is 10.1. The Morgan fingerprint density at radius 1 is 1.32 bits per heavy atom. The molecule has 0 spiro atoms. The van der Waals surface area contributed by atoms with Gasteiger partial charge in [0.2, 0.25) is 5.91 Å². The molecule has 1 saturated heterocycles. The minimum atomic E-state index is -0.217. The Morgan fingerprint density at radius 3 is 2.72 bits per heavy atom. The molecule has 1 aromatic heterocycles. The third-order valence-electron chi connectivity index (χ3n) is 4.30. The van der Waals surface area contributed by atoms with Gasteiger partial charge in [-0.25, -0.2) is 0 Å². The van der Waals surface area contributed by atoms with E-state index in [1.165, 1.54) is 34.3 Å². The number of rotatable bonds is 5. The molecule has 1 aliphatic rings. The van der Waals surface area contributed by atoms with Gasteiger partial charge in [-0.05, 0) is 44.7 Å². The number of thioether (sulfide) groups is 1. The highest BCUT2D eigenvalue weighted by Crippen LogP contribution is 2.27. The molecule has 0 aliphatic carbocycles. The Balaban J connectivity index is 1.61. The minimum absolute atomic E-state index is 0.0213. The van der Waals surface area contributed by atoms with E-state index in [9.17, 15) is 4.79 Å². The molecule has 1 N–H and O–H groups in total. The van der Waals surface area contributed by atoms with E-state index in [1.54, 1.807) is 5.51 Å². The van der Waals surface area contributed by atoms with Crippen LogP contribution in [0.15, 0.2) is 28.0 Å². The molecule has 0 unspecified atom stereocenters. The Morgan fingerprint density at radius 2 is 2.08 bits per heavy atom. The summed E-state index contributed by atoms with van der Waals surface area (Å²) in [5.74, 6) is -0.0213. The molecular weight excluding hydrogens is 354 g/mol. The van der Waals surface area contributed by atoms with E-state index in [1.807, 2.05) is 19.1 Å². The van der Waals surface area contributed by atoms with Crippen LogP contribution in [0.25, 0.3) is 0 Å². The molecule has 1 aliphatic heterocycles. The van der Waals surface area contributed by atoms with Gasteiger partial charge in [0, 0.05) is 37.6 Å². The summed E-state index contributed by atoms with van der Waals surface area (Å²) in [5, 5.41) is 10.6. The number of aryl methyl sites for hydroxylation is 1. The Labute approximate surface area is 156 Å². The van der Waals surface area contributed by atoms with Crippen molar-refractivity contribution in [1.29, 1.82) is 0 Å². The highest BCUT2D eigenvalue weighted by molar-refractivity contribution is 8.02. The highest BCUT2D eigenvalue weighted by atomic mass is 32.2. The Hall–Kier alpha value is -1.64. The second kappa shape index (κ2) is 8.16. The van der Waals surface area contributed by atoms with Crippen molar-refractivity contribution in [3.8, 4) is 0 Å². The molecule has 1 atom stereocenters. The maximum Gasteiger partial charge on any atom is 0.237 e. The normalized spacial score (nSPS) is 16.7. The molecule has 134 valence electrons. The molecule has 1 fully saturated rings. The van der Waals surface area contributed by atoms with Crippen LogP contribution >= 0.6 is 23.1 Å². The fourth-order valence-corrected chi connectivity index (χ4v) is 4.42. The lowest BCUT2D eigenvalue weighted by molar-refractivity contribution is -0.115. The summed E-state index contributed by atoms with van der Waals surface area (Å²) in [4.78, 5) is 17.1. The van der Waals surface area contributed by atoms with Crippen molar-refractivity contribution in [3.05, 3.63) is 29.3 Å². The molecule has 8 heteroatoms. The van der Waals surface area contributed by atoms with Crippen molar-refractivity contribution in [2.45, 2.75) is 23.4 Å². The van der Waals surface area contributed by atoms with Gasteiger partial charge in [-0.1, -0.05) is 23.1 Å². The molecule has 25 heavy (non-hydrogen) atoms. The third-order valence-corrected chi connectivity index (χ3v) is 6.21. The Kier molecular flexibility index (Phi) is 5.93. The maximum atomic E-state index is 12.4. The van der Waals surface area contributed by atoms with Crippen molar-refractivity contribution in [3.63, 3.8) is 0 Å². The zero-order chi connectivity index (χ0) is 17.8. The molecule has 2 aromatic rings. The predicted octanol–water partition coefficient (Wildman–Crippen LogP) is 2.72. The summed E-state index contributed by atoms with van der Waals surface area (Å²) < 4.78 is 0.809. The molecule has 0 radical (unpaired) electrons. The van der Waals surface area contributed by atoms with Gasteiger partial charge in [0.1, 0.15) is 5.51 Å². The van der Waals surface area contributed by atoms with E-state index < -0.39 is 0 Å².